The number of aromatic nitrogens is 2. The summed E-state index contributed by atoms with van der Waals surface area (Å²) in [5.41, 5.74) is 15.2. The minimum atomic E-state index is -2.26. The molecule has 0 saturated carbocycles. The summed E-state index contributed by atoms with van der Waals surface area (Å²) in [4.78, 5) is 248. The Bertz CT molecular complexity index is 3570. The molecule has 1 aromatic carbocycles. The molecule has 13 atom stereocenters. The van der Waals surface area contributed by atoms with Gasteiger partial charge in [0.1, 0.15) is 72.0 Å². The van der Waals surface area contributed by atoms with Crippen LogP contribution in [0.4, 0.5) is 0 Å². The average Bonchev–Trinajstić information content (AvgIpc) is 0.875. The monoisotopic (exact) mass is 1560 g/mol. The normalized spacial score (nSPS) is 19.4. The Morgan fingerprint density at radius 3 is 1.72 bits per heavy atom. The van der Waals surface area contributed by atoms with Crippen molar-refractivity contribution in [3.8, 4) is 0 Å². The summed E-state index contributed by atoms with van der Waals surface area (Å²) < 4.78 is 0. The van der Waals surface area contributed by atoms with Crippen LogP contribution >= 0.6 is 0 Å². The van der Waals surface area contributed by atoms with Crippen LogP contribution in [0.2, 0.25) is 0 Å². The van der Waals surface area contributed by atoms with Gasteiger partial charge in [0, 0.05) is 51.0 Å². The molecule has 0 spiro atoms. The molecule has 39 nitrogen and oxygen atoms in total. The Balaban J connectivity index is 2.29. The van der Waals surface area contributed by atoms with Gasteiger partial charge in [0.15, 0.2) is 17.5 Å². The lowest BCUT2D eigenvalue weighted by Crippen LogP contribution is -2.66. The van der Waals surface area contributed by atoms with E-state index < -0.39 is 236 Å². The molecule has 2 aromatic rings. The molecule has 111 heavy (non-hydrogen) atoms. The first kappa shape index (κ1) is 94.2. The standard InChI is InChI=1S/C72H112N18O21/c1-10-40(8)58(89-67(107)51(32-43-34-76-36-78-43)85-59(99)44(20-14-15-28-73)80-62(102)47(79-41(9)92)25-27-56(95)96)68(108)90-72(39(6)7,42-18-12-11-13-19-42)70(111)88-48-24-26-55(94)54(93)23-16-21-45(60(100)86-52(33-57(97)98)66(106)87-53(35-91)69(109)110)82-64(104)49(30-37(2)3)84-65(105)50(31-38(4)5)83-61(101)46(81-63(48)103)22-17-29-77-71(74)75/h11-13,18-19,34,36-40,44-53,58,91H,10,14-17,20-33,35,73H2,1-9H3,(H,76,78)(H,79,92)(H,80,102)(H,81,103)(H,82,104)(H,83,101)(H,84,105)(H,85,99)(H,86,100)(H,87,106)(H,88,111)(H,89,107)(H,90,108)(H,95,96)(H,97,98)(H,109,110)(H4,74,75,77)/t40-,44-,45?,46?,47-,48?,49-,50-,51-,52-,53-,58-,72+/m0/s1. The molecule has 1 aliphatic rings. The lowest BCUT2D eigenvalue weighted by molar-refractivity contribution is -0.144. The summed E-state index contributed by atoms with van der Waals surface area (Å²) in [5, 5.41) is 68.7. The minimum Gasteiger partial charge on any atom is -0.481 e. The van der Waals surface area contributed by atoms with Crippen LogP contribution in [0.1, 0.15) is 176 Å². The van der Waals surface area contributed by atoms with E-state index in [0.717, 1.165) is 6.92 Å². The summed E-state index contributed by atoms with van der Waals surface area (Å²) in [5.74, 6) is -22.0. The number of hydrogen-bond donors (Lipinski definition) is 20. The fraction of sp³-hybridized carbons (Fsp3) is 0.625. The van der Waals surface area contributed by atoms with E-state index in [1.807, 2.05) is 5.32 Å². The number of aliphatic hydroxyl groups is 1. The number of carboxylic acid groups (broad SMARTS) is 3. The number of carboxylic acids is 3. The summed E-state index contributed by atoms with van der Waals surface area (Å²) in [6, 6.07) is -10.5. The van der Waals surface area contributed by atoms with Gasteiger partial charge in [-0.3, -0.25) is 81.7 Å². The van der Waals surface area contributed by atoms with Crippen molar-refractivity contribution in [3.63, 3.8) is 0 Å². The number of hydrogen-bond acceptors (Lipinski definition) is 21. The number of unbranched alkanes of at least 4 members (excludes halogenated alkanes) is 1. The quantitative estimate of drug-likeness (QED) is 0.0135. The molecular formula is C72H112N18O21. The number of rotatable bonds is 40. The second-order valence-electron chi connectivity index (χ2n) is 28.6. The van der Waals surface area contributed by atoms with Crippen molar-refractivity contribution in [1.29, 1.82) is 0 Å². The van der Waals surface area contributed by atoms with Gasteiger partial charge >= 0.3 is 17.9 Å². The van der Waals surface area contributed by atoms with Crippen molar-refractivity contribution in [2.75, 3.05) is 19.7 Å². The number of nitrogens with zero attached hydrogens (tertiary/aromatic N) is 2. The first-order valence-electron chi connectivity index (χ1n) is 37.0. The predicted molar refractivity (Wildman–Crippen MR) is 398 cm³/mol. The van der Waals surface area contributed by atoms with Gasteiger partial charge in [-0.1, -0.05) is 92.1 Å². The number of aliphatic carboxylic acids is 3. The van der Waals surface area contributed by atoms with E-state index in [1.165, 1.54) is 24.7 Å². The second-order valence-corrected chi connectivity index (χ2v) is 28.6. The lowest BCUT2D eigenvalue weighted by Gasteiger charge is -2.40. The molecule has 616 valence electrons. The number of Topliss-reactive ketones (excluding diaryl/α,β-unsaturated/α-hetero) is 2. The van der Waals surface area contributed by atoms with Gasteiger partial charge in [0.2, 0.25) is 65.0 Å². The maximum absolute atomic E-state index is 15.9. The van der Waals surface area contributed by atoms with Crippen LogP contribution in [0.25, 0.3) is 0 Å². The van der Waals surface area contributed by atoms with Crippen LogP contribution in [0, 0.1) is 23.7 Å². The van der Waals surface area contributed by atoms with E-state index in [4.69, 9.17) is 17.2 Å². The van der Waals surface area contributed by atoms with E-state index in [9.17, 15) is 87.5 Å². The van der Waals surface area contributed by atoms with Gasteiger partial charge in [-0.05, 0) is 106 Å². The molecular weight excluding hydrogens is 1450 g/mol. The van der Waals surface area contributed by atoms with Crippen molar-refractivity contribution >= 4 is 106 Å². The molecule has 0 radical (unpaired) electrons. The second kappa shape index (κ2) is 47.2. The summed E-state index contributed by atoms with van der Waals surface area (Å²) in [6.45, 7) is 13.3. The number of aliphatic hydroxyl groups excluding tert-OH is 1. The van der Waals surface area contributed by atoms with Gasteiger partial charge in [-0.25, -0.2) is 9.78 Å². The number of ketones is 2. The number of carbonyl (C=O) groups excluding carboxylic acids is 14. The van der Waals surface area contributed by atoms with E-state index in [1.54, 1.807) is 73.6 Å². The molecule has 3 rings (SSSR count). The summed E-state index contributed by atoms with van der Waals surface area (Å²) in [7, 11) is 0. The molecule has 2 heterocycles. The zero-order valence-corrected chi connectivity index (χ0v) is 64.2. The Kier molecular flexibility index (Phi) is 40.0. The fourth-order valence-corrected chi connectivity index (χ4v) is 12.1. The van der Waals surface area contributed by atoms with Crippen LogP contribution in [0.5, 0.6) is 0 Å². The number of nitrogens with one attached hydrogen (secondary N) is 13. The van der Waals surface area contributed by atoms with Gasteiger partial charge in [0.05, 0.1) is 19.4 Å². The van der Waals surface area contributed by atoms with Crippen molar-refractivity contribution in [3.05, 3.63) is 54.1 Å². The first-order valence-corrected chi connectivity index (χ1v) is 37.0. The first-order chi connectivity index (χ1) is 52.3. The zero-order valence-electron chi connectivity index (χ0n) is 64.2. The maximum atomic E-state index is 15.9. The zero-order chi connectivity index (χ0) is 83.4. The van der Waals surface area contributed by atoms with Crippen LogP contribution in [-0.2, 0) is 93.5 Å². The SMILES string of the molecule is CC[C@H](C)[C@H](NC(=O)[C@H](Cc1cnc[nH]1)NC(=O)[C@H](CCCCN)NC(=O)[C@H](CCC(=O)O)NC(C)=O)C(=O)N[C@@](C(=O)NC1CCC(=O)C(=O)CCCC(C(=O)N[C@@H](CC(=O)O)C(=O)N[C@@H](CO)C(=O)O)NC(=O)[C@H](CC(C)C)NC(=O)[C@H](CC(C)C)NC(=O)C(CCCN=C(N)N)NC1=O)(c1ccccc1)C(C)C. The Labute approximate surface area is 642 Å². The van der Waals surface area contributed by atoms with Crippen LogP contribution in [0.15, 0.2) is 47.8 Å². The molecule has 12 amide bonds. The number of amides is 12. The van der Waals surface area contributed by atoms with Crippen LogP contribution < -0.4 is 81.0 Å². The summed E-state index contributed by atoms with van der Waals surface area (Å²) >= 11 is 0. The van der Waals surface area contributed by atoms with Crippen molar-refractivity contribution < 1.29 is 102 Å². The number of benzene rings is 1. The molecule has 0 aliphatic carbocycles. The van der Waals surface area contributed by atoms with Gasteiger partial charge in [-0.2, -0.15) is 0 Å². The lowest BCUT2D eigenvalue weighted by atomic mass is 9.78. The highest BCUT2D eigenvalue weighted by atomic mass is 16.4. The minimum absolute atomic E-state index is 0.0202. The summed E-state index contributed by atoms with van der Waals surface area (Å²) in [6.07, 6.45) is -2.47. The molecule has 0 bridgehead atoms. The van der Waals surface area contributed by atoms with Gasteiger partial charge in [-0.15, -0.1) is 0 Å². The fourth-order valence-electron chi connectivity index (χ4n) is 12.1. The number of nitrogens with two attached hydrogens (primary N) is 3. The number of carbonyl (C=O) groups is 17. The van der Waals surface area contributed by atoms with Crippen molar-refractivity contribution in [2.45, 2.75) is 243 Å². The molecule has 1 aliphatic heterocycles. The highest BCUT2D eigenvalue weighted by Crippen LogP contribution is 2.32. The third-order valence-corrected chi connectivity index (χ3v) is 18.3. The van der Waals surface area contributed by atoms with Crippen molar-refractivity contribution in [2.24, 2.45) is 45.9 Å². The number of aliphatic imine (C=N–C) groups is 1. The maximum Gasteiger partial charge on any atom is 0.328 e. The predicted octanol–water partition coefficient (Wildman–Crippen LogP) is -3.19. The van der Waals surface area contributed by atoms with E-state index >= 15 is 14.4 Å². The van der Waals surface area contributed by atoms with E-state index in [-0.39, 0.29) is 94.2 Å². The number of imidazole rings is 1. The van der Waals surface area contributed by atoms with Gasteiger partial charge in [0.25, 0.3) is 5.91 Å². The highest BCUT2D eigenvalue weighted by Gasteiger charge is 2.48. The third-order valence-electron chi connectivity index (χ3n) is 18.3. The number of H-pyrrole nitrogens is 1. The topological polar surface area (TPSA) is 635 Å². The van der Waals surface area contributed by atoms with E-state index in [0.29, 0.717) is 12.1 Å². The van der Waals surface area contributed by atoms with Gasteiger partial charge < -0.3 is 106 Å². The molecule has 39 heteroatoms. The van der Waals surface area contributed by atoms with Crippen LogP contribution in [0.3, 0.4) is 0 Å². The van der Waals surface area contributed by atoms with Crippen molar-refractivity contribution in [1.82, 2.24) is 73.8 Å². The Hall–Kier alpha value is -11.0. The average molecular weight is 1570 g/mol. The molecule has 1 fully saturated rings. The largest absolute Gasteiger partial charge is 0.481 e. The molecule has 1 saturated heterocycles. The molecule has 1 aromatic heterocycles. The number of aromatic amines is 1. The highest BCUT2D eigenvalue weighted by molar-refractivity contribution is 6.37. The van der Waals surface area contributed by atoms with E-state index in [2.05, 4.69) is 73.4 Å². The smallest absolute Gasteiger partial charge is 0.328 e. The Morgan fingerprint density at radius 1 is 0.631 bits per heavy atom. The number of guanidine groups is 1. The molecule has 3 unspecified atom stereocenters. The Morgan fingerprint density at radius 2 is 1.19 bits per heavy atom. The molecule has 23 N–H and O–H groups in total. The van der Waals surface area contributed by atoms with Crippen LogP contribution in [-0.4, -0.2) is 223 Å². The third kappa shape index (κ3) is 31.9.